The topological polar surface area (TPSA) is 66.2 Å². The van der Waals surface area contributed by atoms with Crippen LogP contribution in [-0.4, -0.2) is 21.6 Å². The van der Waals surface area contributed by atoms with Crippen LogP contribution in [0.15, 0.2) is 89.9 Å². The number of benzene rings is 3. The Kier molecular flexibility index (Phi) is 7.19. The zero-order valence-corrected chi connectivity index (χ0v) is 21.4. The Labute approximate surface area is 220 Å². The third kappa shape index (κ3) is 5.49. The molecule has 0 atom stereocenters. The van der Waals surface area contributed by atoms with Gasteiger partial charge in [0.1, 0.15) is 23.6 Å². The summed E-state index contributed by atoms with van der Waals surface area (Å²) in [6.45, 7) is 2.36. The van der Waals surface area contributed by atoms with E-state index in [0.29, 0.717) is 28.2 Å². The Hall–Kier alpha value is -4.16. The SMILES string of the molecule is COc1cc(C)ccc1Cn1c(COc2ccc(Cc3ccccc3)cc2)nc2c(Cl)nccc2c1=O. The molecular weight excluding hydrogens is 486 g/mol. The first kappa shape index (κ1) is 24.5. The lowest BCUT2D eigenvalue weighted by Gasteiger charge is -2.16. The molecule has 0 radical (unpaired) electrons. The minimum Gasteiger partial charge on any atom is -0.496 e. The molecule has 0 saturated carbocycles. The molecule has 2 aromatic heterocycles. The Morgan fingerprint density at radius 2 is 1.70 bits per heavy atom. The van der Waals surface area contributed by atoms with Gasteiger partial charge >= 0.3 is 0 Å². The van der Waals surface area contributed by atoms with Crippen LogP contribution in [0.5, 0.6) is 11.5 Å². The van der Waals surface area contributed by atoms with Gasteiger partial charge in [-0.1, -0.05) is 66.2 Å². The van der Waals surface area contributed by atoms with E-state index in [-0.39, 0.29) is 23.9 Å². The summed E-state index contributed by atoms with van der Waals surface area (Å²) in [5.74, 6) is 1.84. The highest BCUT2D eigenvalue weighted by Crippen LogP contribution is 2.23. The maximum Gasteiger partial charge on any atom is 0.261 e. The van der Waals surface area contributed by atoms with Crippen LogP contribution in [0, 0.1) is 6.92 Å². The zero-order chi connectivity index (χ0) is 25.8. The number of aromatic nitrogens is 3. The minimum absolute atomic E-state index is 0.0859. The highest BCUT2D eigenvalue weighted by molar-refractivity contribution is 6.33. The fraction of sp³-hybridized carbons (Fsp3) is 0.167. The lowest BCUT2D eigenvalue weighted by atomic mass is 10.1. The van der Waals surface area contributed by atoms with Gasteiger partial charge in [-0.2, -0.15) is 0 Å². The molecule has 5 aromatic rings. The van der Waals surface area contributed by atoms with Crippen molar-refractivity contribution < 1.29 is 9.47 Å². The van der Waals surface area contributed by atoms with Crippen LogP contribution in [0.2, 0.25) is 5.15 Å². The van der Waals surface area contributed by atoms with E-state index in [1.165, 1.54) is 17.3 Å². The fourth-order valence-corrected chi connectivity index (χ4v) is 4.47. The first-order valence-corrected chi connectivity index (χ1v) is 12.3. The van der Waals surface area contributed by atoms with E-state index in [1.807, 2.05) is 67.6 Å². The normalized spacial score (nSPS) is 11.0. The minimum atomic E-state index is -0.214. The van der Waals surface area contributed by atoms with Crippen molar-refractivity contribution in [1.82, 2.24) is 14.5 Å². The van der Waals surface area contributed by atoms with Crippen molar-refractivity contribution in [2.24, 2.45) is 0 Å². The predicted octanol–water partition coefficient (Wildman–Crippen LogP) is 5.98. The average Bonchev–Trinajstić information content (AvgIpc) is 2.92. The molecule has 7 heteroatoms. The van der Waals surface area contributed by atoms with Crippen molar-refractivity contribution in [1.29, 1.82) is 0 Å². The summed E-state index contributed by atoms with van der Waals surface area (Å²) in [5.41, 5.74) is 4.51. The lowest BCUT2D eigenvalue weighted by molar-refractivity contribution is 0.288. The summed E-state index contributed by atoms with van der Waals surface area (Å²) >= 11 is 6.30. The summed E-state index contributed by atoms with van der Waals surface area (Å²) in [6, 6.07) is 25.8. The second kappa shape index (κ2) is 10.8. The fourth-order valence-electron chi connectivity index (χ4n) is 4.27. The number of halogens is 1. The molecule has 2 heterocycles. The number of fused-ring (bicyclic) bond motifs is 1. The largest absolute Gasteiger partial charge is 0.496 e. The smallest absolute Gasteiger partial charge is 0.261 e. The van der Waals surface area contributed by atoms with Gasteiger partial charge in [-0.3, -0.25) is 9.36 Å². The Bertz CT molecular complexity index is 1600. The molecule has 0 N–H and O–H groups in total. The van der Waals surface area contributed by atoms with Gasteiger partial charge in [-0.25, -0.2) is 9.97 Å². The van der Waals surface area contributed by atoms with Gasteiger partial charge in [0.25, 0.3) is 5.56 Å². The number of methoxy groups -OCH3 is 1. The van der Waals surface area contributed by atoms with E-state index in [0.717, 1.165) is 17.5 Å². The van der Waals surface area contributed by atoms with Crippen LogP contribution >= 0.6 is 11.6 Å². The van der Waals surface area contributed by atoms with E-state index in [4.69, 9.17) is 26.1 Å². The molecule has 5 rings (SSSR count). The molecule has 0 amide bonds. The van der Waals surface area contributed by atoms with Crippen LogP contribution in [-0.2, 0) is 19.6 Å². The molecule has 0 aliphatic heterocycles. The first-order valence-electron chi connectivity index (χ1n) is 11.9. The standard InChI is InChI=1S/C30H26ClN3O3/c1-20-8-11-23(26(16-20)36-2)18-34-27(33-28-25(30(34)35)14-15-32-29(28)31)19-37-24-12-9-22(10-13-24)17-21-6-4-3-5-7-21/h3-16H,17-19H2,1-2H3. The van der Waals surface area contributed by atoms with Crippen LogP contribution in [0.3, 0.4) is 0 Å². The second-order valence-electron chi connectivity index (χ2n) is 8.83. The second-order valence-corrected chi connectivity index (χ2v) is 9.19. The highest BCUT2D eigenvalue weighted by atomic mass is 35.5. The van der Waals surface area contributed by atoms with E-state index in [1.54, 1.807) is 17.7 Å². The van der Waals surface area contributed by atoms with Gasteiger partial charge < -0.3 is 9.47 Å². The van der Waals surface area contributed by atoms with Crippen molar-refractivity contribution >= 4 is 22.5 Å². The van der Waals surface area contributed by atoms with Crippen LogP contribution in [0.25, 0.3) is 10.9 Å². The van der Waals surface area contributed by atoms with E-state index in [2.05, 4.69) is 17.1 Å². The molecular formula is C30H26ClN3O3. The third-order valence-electron chi connectivity index (χ3n) is 6.22. The molecule has 0 aliphatic rings. The first-order chi connectivity index (χ1) is 18.0. The third-order valence-corrected chi connectivity index (χ3v) is 6.50. The van der Waals surface area contributed by atoms with Gasteiger partial charge in [0, 0.05) is 11.8 Å². The van der Waals surface area contributed by atoms with Crippen molar-refractivity contribution in [3.63, 3.8) is 0 Å². The Morgan fingerprint density at radius 1 is 0.946 bits per heavy atom. The van der Waals surface area contributed by atoms with Crippen molar-refractivity contribution in [3.05, 3.63) is 129 Å². The number of aryl methyl sites for hydroxylation is 1. The van der Waals surface area contributed by atoms with Gasteiger partial charge in [0.2, 0.25) is 0 Å². The summed E-state index contributed by atoms with van der Waals surface area (Å²) in [4.78, 5) is 22.3. The number of hydrogen-bond donors (Lipinski definition) is 0. The van der Waals surface area contributed by atoms with Crippen LogP contribution in [0.4, 0.5) is 0 Å². The molecule has 186 valence electrons. The summed E-state index contributed by atoms with van der Waals surface area (Å²) in [5, 5.41) is 0.585. The number of pyridine rings is 1. The molecule has 0 unspecified atom stereocenters. The highest BCUT2D eigenvalue weighted by Gasteiger charge is 2.16. The maximum absolute atomic E-state index is 13.5. The van der Waals surface area contributed by atoms with E-state index >= 15 is 0 Å². The molecule has 6 nitrogen and oxygen atoms in total. The number of rotatable bonds is 8. The van der Waals surface area contributed by atoms with Crippen molar-refractivity contribution in [3.8, 4) is 11.5 Å². The van der Waals surface area contributed by atoms with E-state index < -0.39 is 0 Å². The van der Waals surface area contributed by atoms with Gasteiger partial charge in [0.15, 0.2) is 11.0 Å². The van der Waals surface area contributed by atoms with Crippen molar-refractivity contribution in [2.75, 3.05) is 7.11 Å². The molecule has 3 aromatic carbocycles. The number of nitrogens with zero attached hydrogens (tertiary/aromatic N) is 3. The molecule has 37 heavy (non-hydrogen) atoms. The van der Waals surface area contributed by atoms with Gasteiger partial charge in [-0.15, -0.1) is 0 Å². The number of hydrogen-bond acceptors (Lipinski definition) is 5. The lowest BCUT2D eigenvalue weighted by Crippen LogP contribution is -2.27. The van der Waals surface area contributed by atoms with Crippen molar-refractivity contribution in [2.45, 2.75) is 26.5 Å². The molecule has 0 saturated heterocycles. The number of ether oxygens (including phenoxy) is 2. The van der Waals surface area contributed by atoms with E-state index in [9.17, 15) is 4.79 Å². The van der Waals surface area contributed by atoms with Crippen LogP contribution in [0.1, 0.15) is 28.1 Å². The quantitative estimate of drug-likeness (QED) is 0.240. The summed E-state index contributed by atoms with van der Waals surface area (Å²) in [7, 11) is 1.62. The predicted molar refractivity (Wildman–Crippen MR) is 146 cm³/mol. The zero-order valence-electron chi connectivity index (χ0n) is 20.6. The average molecular weight is 512 g/mol. The molecule has 0 bridgehead atoms. The summed E-state index contributed by atoms with van der Waals surface area (Å²) in [6.07, 6.45) is 2.36. The molecule has 0 aliphatic carbocycles. The Morgan fingerprint density at radius 3 is 2.46 bits per heavy atom. The van der Waals surface area contributed by atoms with Gasteiger partial charge in [0.05, 0.1) is 19.0 Å². The monoisotopic (exact) mass is 511 g/mol. The molecule has 0 fully saturated rings. The summed E-state index contributed by atoms with van der Waals surface area (Å²) < 4.78 is 13.3. The maximum atomic E-state index is 13.5. The van der Waals surface area contributed by atoms with Gasteiger partial charge in [-0.05, 0) is 54.3 Å². The van der Waals surface area contributed by atoms with Crippen LogP contribution < -0.4 is 15.0 Å². The Balaban J connectivity index is 1.45. The molecule has 0 spiro atoms.